The molecule has 2 heterocycles. The summed E-state index contributed by atoms with van der Waals surface area (Å²) in [5.74, 6) is -0.189. The molecule has 26 heavy (non-hydrogen) atoms. The van der Waals surface area contributed by atoms with Gasteiger partial charge in [0.15, 0.2) is 0 Å². The van der Waals surface area contributed by atoms with E-state index >= 15 is 0 Å². The summed E-state index contributed by atoms with van der Waals surface area (Å²) in [5.41, 5.74) is 6.09. The number of hydrogen-bond donors (Lipinski definition) is 1. The van der Waals surface area contributed by atoms with Crippen molar-refractivity contribution >= 4 is 33.8 Å². The maximum Gasteiger partial charge on any atom is 0.286 e. The number of nitrogens with zero attached hydrogens (tertiary/aromatic N) is 1. The lowest BCUT2D eigenvalue weighted by molar-refractivity contribution is -0.118. The molecule has 0 saturated carbocycles. The van der Waals surface area contributed by atoms with Crippen molar-refractivity contribution in [1.29, 1.82) is 0 Å². The molecule has 132 valence electrons. The van der Waals surface area contributed by atoms with Crippen molar-refractivity contribution in [2.75, 3.05) is 0 Å². The molecule has 0 bridgehead atoms. The van der Waals surface area contributed by atoms with Gasteiger partial charge in [0.2, 0.25) is 5.91 Å². The van der Waals surface area contributed by atoms with Crippen molar-refractivity contribution < 1.29 is 9.59 Å². The first-order valence-corrected chi connectivity index (χ1v) is 9.53. The Morgan fingerprint density at radius 3 is 2.62 bits per heavy atom. The molecule has 2 amide bonds. The summed E-state index contributed by atoms with van der Waals surface area (Å²) in [6.07, 6.45) is 2.68. The number of fused-ring (bicyclic) bond motifs is 1. The summed E-state index contributed by atoms with van der Waals surface area (Å²) in [5, 5.41) is 2.92. The van der Waals surface area contributed by atoms with Gasteiger partial charge in [0.1, 0.15) is 0 Å². The minimum Gasteiger partial charge on any atom is -0.343 e. The third-order valence-electron chi connectivity index (χ3n) is 4.97. The van der Waals surface area contributed by atoms with Gasteiger partial charge in [0.25, 0.3) is 5.24 Å². The van der Waals surface area contributed by atoms with Crippen LogP contribution in [0.1, 0.15) is 22.3 Å². The third kappa shape index (κ3) is 3.15. The van der Waals surface area contributed by atoms with Crippen molar-refractivity contribution in [2.24, 2.45) is 0 Å². The Hall–Kier alpha value is -2.53. The summed E-state index contributed by atoms with van der Waals surface area (Å²) in [4.78, 5) is 23.4. The van der Waals surface area contributed by atoms with Crippen LogP contribution in [0, 0.1) is 13.8 Å². The van der Waals surface area contributed by atoms with Gasteiger partial charge in [-0.25, -0.2) is 0 Å². The minimum atomic E-state index is -0.344. The average molecular weight is 364 g/mol. The number of amides is 2. The molecule has 1 aromatic heterocycles. The lowest BCUT2D eigenvalue weighted by Crippen LogP contribution is -2.25. The number of para-hydroxylation sites is 1. The monoisotopic (exact) mass is 364 g/mol. The summed E-state index contributed by atoms with van der Waals surface area (Å²) in [6.45, 7) is 5.03. The van der Waals surface area contributed by atoms with Crippen LogP contribution < -0.4 is 5.32 Å². The summed E-state index contributed by atoms with van der Waals surface area (Å²) >= 11 is 1.09. The highest BCUT2D eigenvalue weighted by atomic mass is 32.2. The van der Waals surface area contributed by atoms with Crippen molar-refractivity contribution in [1.82, 2.24) is 9.88 Å². The van der Waals surface area contributed by atoms with Crippen LogP contribution in [0.3, 0.4) is 0 Å². The van der Waals surface area contributed by atoms with Gasteiger partial charge in [0, 0.05) is 23.6 Å². The van der Waals surface area contributed by atoms with Crippen LogP contribution in [-0.2, 0) is 17.8 Å². The Labute approximate surface area is 156 Å². The number of imide groups is 1. The Morgan fingerprint density at radius 1 is 1.08 bits per heavy atom. The van der Waals surface area contributed by atoms with E-state index in [0.717, 1.165) is 34.8 Å². The topological polar surface area (TPSA) is 51.1 Å². The minimum absolute atomic E-state index is 0.189. The molecule has 0 spiro atoms. The molecule has 1 unspecified atom stereocenters. The van der Waals surface area contributed by atoms with Crippen LogP contribution in [0.4, 0.5) is 4.79 Å². The van der Waals surface area contributed by atoms with E-state index in [-0.39, 0.29) is 16.4 Å². The van der Waals surface area contributed by atoms with E-state index in [2.05, 4.69) is 60.3 Å². The van der Waals surface area contributed by atoms with E-state index < -0.39 is 0 Å². The Morgan fingerprint density at radius 2 is 1.88 bits per heavy atom. The zero-order chi connectivity index (χ0) is 18.3. The number of rotatable bonds is 4. The van der Waals surface area contributed by atoms with Crippen molar-refractivity contribution in [3.05, 3.63) is 70.9 Å². The third-order valence-corrected chi connectivity index (χ3v) is 5.95. The van der Waals surface area contributed by atoms with Crippen LogP contribution in [0.15, 0.2) is 48.7 Å². The summed E-state index contributed by atoms with van der Waals surface area (Å²) < 4.78 is 2.23. The maximum atomic E-state index is 11.9. The summed E-state index contributed by atoms with van der Waals surface area (Å²) in [7, 11) is 0. The highest BCUT2D eigenvalue weighted by Crippen LogP contribution is 2.29. The van der Waals surface area contributed by atoms with Gasteiger partial charge in [-0.05, 0) is 48.6 Å². The van der Waals surface area contributed by atoms with Crippen LogP contribution in [0.5, 0.6) is 0 Å². The predicted octanol–water partition coefficient (Wildman–Crippen LogP) is 4.20. The molecule has 2 aromatic carbocycles. The molecule has 3 aromatic rings. The Bertz CT molecular complexity index is 1020. The first kappa shape index (κ1) is 16.9. The second kappa shape index (κ2) is 6.65. The standard InChI is InChI=1S/C21H20N2O2S/c1-13-7-8-15(9-14(13)2)11-23-12-16(17-5-3-4-6-18(17)23)10-19-20(24)22-21(25)26-19/h3-9,12,19H,10-11H2,1-2H3,(H,22,24,25). The number of benzene rings is 2. The molecule has 0 radical (unpaired) electrons. The van der Waals surface area contributed by atoms with Gasteiger partial charge in [-0.3, -0.25) is 14.9 Å². The van der Waals surface area contributed by atoms with Crippen molar-refractivity contribution in [3.8, 4) is 0 Å². The lowest BCUT2D eigenvalue weighted by Gasteiger charge is -2.08. The first-order valence-electron chi connectivity index (χ1n) is 8.65. The average Bonchev–Trinajstić information content (AvgIpc) is 3.11. The number of aryl methyl sites for hydroxylation is 2. The fourth-order valence-electron chi connectivity index (χ4n) is 3.44. The highest BCUT2D eigenvalue weighted by Gasteiger charge is 2.32. The van der Waals surface area contributed by atoms with Crippen molar-refractivity contribution in [3.63, 3.8) is 0 Å². The van der Waals surface area contributed by atoms with Crippen LogP contribution in [0.2, 0.25) is 0 Å². The quantitative estimate of drug-likeness (QED) is 0.755. The first-order chi connectivity index (χ1) is 12.5. The van der Waals surface area contributed by atoms with E-state index in [1.165, 1.54) is 16.7 Å². The number of carbonyl (C=O) groups excluding carboxylic acids is 2. The molecule has 1 aliphatic rings. The second-order valence-corrected chi connectivity index (χ2v) is 7.98. The number of nitrogens with one attached hydrogen (secondary N) is 1. The Kier molecular flexibility index (Phi) is 4.32. The van der Waals surface area contributed by atoms with E-state index in [9.17, 15) is 9.59 Å². The van der Waals surface area contributed by atoms with Gasteiger partial charge < -0.3 is 4.57 Å². The molecule has 1 fully saturated rings. The van der Waals surface area contributed by atoms with E-state index in [4.69, 9.17) is 0 Å². The van der Waals surface area contributed by atoms with Crippen LogP contribution in [0.25, 0.3) is 10.9 Å². The van der Waals surface area contributed by atoms with Crippen molar-refractivity contribution in [2.45, 2.75) is 32.1 Å². The SMILES string of the molecule is Cc1ccc(Cn2cc(CC3SC(=O)NC3=O)c3ccccc32)cc1C. The Balaban J connectivity index is 1.68. The largest absolute Gasteiger partial charge is 0.343 e. The van der Waals surface area contributed by atoms with Gasteiger partial charge in [0.05, 0.1) is 5.25 Å². The molecule has 1 aliphatic heterocycles. The number of aromatic nitrogens is 1. The predicted molar refractivity (Wildman–Crippen MR) is 106 cm³/mol. The zero-order valence-corrected chi connectivity index (χ0v) is 15.6. The van der Waals surface area contributed by atoms with Crippen LogP contribution in [-0.4, -0.2) is 21.0 Å². The molecule has 5 heteroatoms. The number of hydrogen-bond acceptors (Lipinski definition) is 3. The number of thioether (sulfide) groups is 1. The normalized spacial score (nSPS) is 17.1. The molecule has 0 aliphatic carbocycles. The lowest BCUT2D eigenvalue weighted by atomic mass is 10.1. The molecular formula is C21H20N2O2S. The van der Waals surface area contributed by atoms with E-state index in [0.29, 0.717) is 6.42 Å². The van der Waals surface area contributed by atoms with Gasteiger partial charge in [-0.2, -0.15) is 0 Å². The smallest absolute Gasteiger partial charge is 0.286 e. The molecular weight excluding hydrogens is 344 g/mol. The van der Waals surface area contributed by atoms with E-state index in [1.807, 2.05) is 12.1 Å². The van der Waals surface area contributed by atoms with E-state index in [1.54, 1.807) is 0 Å². The molecule has 1 atom stereocenters. The van der Waals surface area contributed by atoms with Gasteiger partial charge in [-0.15, -0.1) is 0 Å². The maximum absolute atomic E-state index is 11.9. The summed E-state index contributed by atoms with van der Waals surface area (Å²) in [6, 6.07) is 14.8. The molecule has 1 saturated heterocycles. The zero-order valence-electron chi connectivity index (χ0n) is 14.8. The van der Waals surface area contributed by atoms with Gasteiger partial charge in [-0.1, -0.05) is 48.2 Å². The van der Waals surface area contributed by atoms with Gasteiger partial charge >= 0.3 is 0 Å². The molecule has 1 N–H and O–H groups in total. The second-order valence-electron chi connectivity index (χ2n) is 6.81. The molecule has 4 rings (SSSR count). The fraction of sp³-hybridized carbons (Fsp3) is 0.238. The molecule has 4 nitrogen and oxygen atoms in total. The fourth-order valence-corrected chi connectivity index (χ4v) is 4.29. The van der Waals surface area contributed by atoms with Crippen LogP contribution >= 0.6 is 11.8 Å². The highest BCUT2D eigenvalue weighted by molar-refractivity contribution is 8.15. The number of carbonyl (C=O) groups is 2.